The van der Waals surface area contributed by atoms with Crippen molar-refractivity contribution in [2.45, 2.75) is 19.8 Å². The summed E-state index contributed by atoms with van der Waals surface area (Å²) < 4.78 is 26.9. The zero-order valence-electron chi connectivity index (χ0n) is 16.9. The topological polar surface area (TPSA) is 42.7 Å². The average molecular weight is 404 g/mol. The van der Waals surface area contributed by atoms with Crippen LogP contribution in [0.4, 0.5) is 14.6 Å². The van der Waals surface area contributed by atoms with E-state index >= 15 is 0 Å². The van der Waals surface area contributed by atoms with Gasteiger partial charge in [0.05, 0.1) is 6.20 Å². The molecular weight excluding hydrogens is 382 g/mol. The summed E-state index contributed by atoms with van der Waals surface area (Å²) in [5, 5.41) is 9.62. The van der Waals surface area contributed by atoms with Crippen LogP contribution < -0.4 is 5.32 Å². The van der Waals surface area contributed by atoms with Gasteiger partial charge in [0, 0.05) is 42.0 Å². The molecule has 0 atom stereocenters. The van der Waals surface area contributed by atoms with Gasteiger partial charge in [-0.3, -0.25) is 4.68 Å². The lowest BCUT2D eigenvalue weighted by Gasteiger charge is -2.11. The zero-order valence-corrected chi connectivity index (χ0v) is 16.9. The van der Waals surface area contributed by atoms with Crippen LogP contribution in [0.1, 0.15) is 16.8 Å². The molecule has 0 fully saturated rings. The maximum Gasteiger partial charge on any atom is 0.242 e. The van der Waals surface area contributed by atoms with E-state index in [1.54, 1.807) is 24.3 Å². The largest absolute Gasteiger partial charge is 0.340 e. The second-order valence-electron chi connectivity index (χ2n) is 7.29. The maximum absolute atomic E-state index is 12.5. The zero-order chi connectivity index (χ0) is 21.3. The molecule has 0 radical (unpaired) electrons. The van der Waals surface area contributed by atoms with Crippen molar-refractivity contribution in [3.63, 3.8) is 0 Å². The molecular formula is C24H22F2N4. The van der Waals surface area contributed by atoms with Crippen LogP contribution in [-0.2, 0) is 13.5 Å². The van der Waals surface area contributed by atoms with Crippen molar-refractivity contribution >= 4 is 22.3 Å². The smallest absolute Gasteiger partial charge is 0.242 e. The number of anilines is 1. The van der Waals surface area contributed by atoms with Crippen LogP contribution in [0.2, 0.25) is 0 Å². The molecule has 2 heterocycles. The predicted octanol–water partition coefficient (Wildman–Crippen LogP) is 5.83. The summed E-state index contributed by atoms with van der Waals surface area (Å²) in [7, 11) is 1.93. The van der Waals surface area contributed by atoms with E-state index in [0.717, 1.165) is 33.2 Å². The number of pyridine rings is 1. The monoisotopic (exact) mass is 404 g/mol. The molecule has 2 aromatic carbocycles. The first-order valence-electron chi connectivity index (χ1n) is 9.63. The third-order valence-electron chi connectivity index (χ3n) is 5.24. The summed E-state index contributed by atoms with van der Waals surface area (Å²) in [4.78, 5) is 4.47. The molecule has 0 amide bonds. The molecule has 0 saturated heterocycles. The van der Waals surface area contributed by atoms with E-state index in [4.69, 9.17) is 0 Å². The van der Waals surface area contributed by atoms with E-state index in [2.05, 4.69) is 34.1 Å². The molecule has 1 N–H and O–H groups in total. The van der Waals surface area contributed by atoms with Gasteiger partial charge in [-0.1, -0.05) is 43.0 Å². The summed E-state index contributed by atoms with van der Waals surface area (Å²) in [5.74, 6) is 0.671. The Morgan fingerprint density at radius 1 is 1.07 bits per heavy atom. The van der Waals surface area contributed by atoms with Crippen LogP contribution in [0.5, 0.6) is 0 Å². The Morgan fingerprint density at radius 2 is 1.83 bits per heavy atom. The van der Waals surface area contributed by atoms with Gasteiger partial charge in [-0.2, -0.15) is 5.10 Å². The van der Waals surface area contributed by atoms with Gasteiger partial charge >= 0.3 is 0 Å². The molecule has 6 heteroatoms. The van der Waals surface area contributed by atoms with Crippen molar-refractivity contribution in [1.82, 2.24) is 14.8 Å². The highest BCUT2D eigenvalue weighted by Crippen LogP contribution is 2.28. The molecule has 30 heavy (non-hydrogen) atoms. The Kier molecular flexibility index (Phi) is 5.31. The molecule has 0 saturated carbocycles. The summed E-state index contributed by atoms with van der Waals surface area (Å²) in [6, 6.07) is 15.2. The average Bonchev–Trinajstić information content (AvgIpc) is 3.06. The van der Waals surface area contributed by atoms with Gasteiger partial charge in [-0.05, 0) is 41.1 Å². The number of hydrogen-bond donors (Lipinski definition) is 1. The van der Waals surface area contributed by atoms with Crippen LogP contribution in [0.25, 0.3) is 27.6 Å². The fourth-order valence-electron chi connectivity index (χ4n) is 3.41. The standard InChI is InChI=1S/C24H22F2N4/c1-15(18-6-4-17(5-7-18)10-23(25)26)29-24-12-21-11-19(8-9-20(21)13-27-24)22-14-28-30(3)16(22)2/h4-9,11-14,23H,1,10H2,2-3H3,(H,27,29). The van der Waals surface area contributed by atoms with Crippen molar-refractivity contribution in [2.24, 2.45) is 7.05 Å². The van der Waals surface area contributed by atoms with E-state index in [0.29, 0.717) is 17.1 Å². The molecule has 0 bridgehead atoms. The minimum Gasteiger partial charge on any atom is -0.340 e. The van der Waals surface area contributed by atoms with Crippen LogP contribution in [0.3, 0.4) is 0 Å². The lowest BCUT2D eigenvalue weighted by Crippen LogP contribution is -2.01. The van der Waals surface area contributed by atoms with Crippen molar-refractivity contribution in [2.75, 3.05) is 5.32 Å². The van der Waals surface area contributed by atoms with Crippen molar-refractivity contribution in [3.05, 3.63) is 84.3 Å². The van der Waals surface area contributed by atoms with Crippen molar-refractivity contribution in [1.29, 1.82) is 0 Å². The van der Waals surface area contributed by atoms with Gasteiger partial charge in [0.1, 0.15) is 5.82 Å². The molecule has 0 unspecified atom stereocenters. The third kappa shape index (κ3) is 4.08. The van der Waals surface area contributed by atoms with Crippen LogP contribution in [-0.4, -0.2) is 21.2 Å². The minimum atomic E-state index is -2.35. The molecule has 0 aliphatic heterocycles. The maximum atomic E-state index is 12.5. The second-order valence-corrected chi connectivity index (χ2v) is 7.29. The summed E-state index contributed by atoms with van der Waals surface area (Å²) in [6.45, 7) is 6.10. The summed E-state index contributed by atoms with van der Waals surface area (Å²) in [6.07, 6.45) is 1.09. The number of halogens is 2. The first-order valence-corrected chi connectivity index (χ1v) is 9.63. The lowest BCUT2D eigenvalue weighted by atomic mass is 10.0. The summed E-state index contributed by atoms with van der Waals surface area (Å²) >= 11 is 0. The number of hydrogen-bond acceptors (Lipinski definition) is 3. The van der Waals surface area contributed by atoms with Gasteiger partial charge in [0.2, 0.25) is 6.43 Å². The lowest BCUT2D eigenvalue weighted by molar-refractivity contribution is 0.149. The Bertz CT molecular complexity index is 1210. The fraction of sp³-hybridized carbons (Fsp3) is 0.167. The normalized spacial score (nSPS) is 11.2. The highest BCUT2D eigenvalue weighted by Gasteiger charge is 2.09. The van der Waals surface area contributed by atoms with Crippen molar-refractivity contribution in [3.8, 4) is 11.1 Å². The molecule has 0 aliphatic carbocycles. The van der Waals surface area contributed by atoms with Crippen molar-refractivity contribution < 1.29 is 8.78 Å². The van der Waals surface area contributed by atoms with Crippen LogP contribution in [0, 0.1) is 6.92 Å². The Balaban J connectivity index is 1.57. The van der Waals surface area contributed by atoms with E-state index < -0.39 is 6.43 Å². The fourth-order valence-corrected chi connectivity index (χ4v) is 3.41. The van der Waals surface area contributed by atoms with Gasteiger partial charge in [0.25, 0.3) is 0 Å². The number of fused-ring (bicyclic) bond motifs is 1. The van der Waals surface area contributed by atoms with Gasteiger partial charge in [-0.15, -0.1) is 0 Å². The second kappa shape index (κ2) is 8.06. The van der Waals surface area contributed by atoms with Gasteiger partial charge < -0.3 is 5.32 Å². The number of rotatable bonds is 6. The predicted molar refractivity (Wildman–Crippen MR) is 117 cm³/mol. The van der Waals surface area contributed by atoms with E-state index in [9.17, 15) is 8.78 Å². The van der Waals surface area contributed by atoms with Gasteiger partial charge in [0.15, 0.2) is 0 Å². The highest BCUT2D eigenvalue weighted by atomic mass is 19.3. The van der Waals surface area contributed by atoms with E-state index in [-0.39, 0.29) is 6.42 Å². The SMILES string of the molecule is C=C(Nc1cc2cc(-c3cnn(C)c3C)ccc2cn1)c1ccc(CC(F)F)cc1. The first kappa shape index (κ1) is 19.8. The quantitative estimate of drug-likeness (QED) is 0.439. The highest BCUT2D eigenvalue weighted by molar-refractivity contribution is 5.89. The molecule has 152 valence electrons. The Labute approximate surface area is 173 Å². The number of alkyl halides is 2. The van der Waals surface area contributed by atoms with Crippen LogP contribution in [0.15, 0.2) is 67.5 Å². The Hall–Kier alpha value is -3.54. The molecule has 4 nitrogen and oxygen atoms in total. The molecule has 4 aromatic rings. The van der Waals surface area contributed by atoms with E-state index in [1.807, 2.05) is 43.2 Å². The third-order valence-corrected chi connectivity index (χ3v) is 5.24. The first-order chi connectivity index (χ1) is 14.4. The molecule has 0 spiro atoms. The van der Waals surface area contributed by atoms with Crippen LogP contribution >= 0.6 is 0 Å². The molecule has 2 aromatic heterocycles. The number of aromatic nitrogens is 3. The molecule has 0 aliphatic rings. The number of nitrogens with one attached hydrogen (secondary N) is 1. The van der Waals surface area contributed by atoms with E-state index in [1.165, 1.54) is 0 Å². The summed E-state index contributed by atoms with van der Waals surface area (Å²) in [5.41, 5.74) is 5.38. The van der Waals surface area contributed by atoms with Gasteiger partial charge in [-0.25, -0.2) is 13.8 Å². The number of benzene rings is 2. The number of aryl methyl sites for hydroxylation is 1. The Morgan fingerprint density at radius 3 is 2.50 bits per heavy atom. The minimum absolute atomic E-state index is 0.245. The molecule has 4 rings (SSSR count). The number of nitrogens with zero attached hydrogens (tertiary/aromatic N) is 3.